The van der Waals surface area contributed by atoms with Crippen LogP contribution in [0.3, 0.4) is 0 Å². The van der Waals surface area contributed by atoms with Crippen LogP contribution in [0.15, 0.2) is 12.1 Å². The number of nitrogens with zero attached hydrogens (tertiary/aromatic N) is 1. The van der Waals surface area contributed by atoms with E-state index in [1.807, 2.05) is 0 Å². The van der Waals surface area contributed by atoms with Gasteiger partial charge in [0.05, 0.1) is 16.6 Å². The van der Waals surface area contributed by atoms with E-state index in [0.29, 0.717) is 24.0 Å². The SMILES string of the molecule is O=[N+]([O-])c1cc(F)c(O)c2c1C=CCC2. The standard InChI is InChI=1S/C10H8FNO3/c11-8-5-9(12(14)15)6-3-1-2-4-7(6)10(8)13/h1,3,5,13H,2,4H2. The maximum Gasteiger partial charge on any atom is 0.280 e. The molecule has 2 rings (SSSR count). The van der Waals surface area contributed by atoms with Crippen molar-refractivity contribution in [3.8, 4) is 5.75 Å². The molecule has 0 aliphatic heterocycles. The second-order valence-electron chi connectivity index (χ2n) is 3.32. The molecule has 1 aromatic rings. The molecule has 0 fully saturated rings. The molecule has 1 aliphatic rings. The fraction of sp³-hybridized carbons (Fsp3) is 0.200. The van der Waals surface area contributed by atoms with Gasteiger partial charge in [-0.25, -0.2) is 4.39 Å². The third-order valence-corrected chi connectivity index (χ3v) is 2.42. The molecule has 0 saturated heterocycles. The van der Waals surface area contributed by atoms with Gasteiger partial charge in [-0.05, 0) is 12.8 Å². The summed E-state index contributed by atoms with van der Waals surface area (Å²) in [4.78, 5) is 10.0. The molecular weight excluding hydrogens is 201 g/mol. The quantitative estimate of drug-likeness (QED) is 0.570. The third kappa shape index (κ3) is 1.45. The van der Waals surface area contributed by atoms with Crippen molar-refractivity contribution in [3.05, 3.63) is 39.2 Å². The van der Waals surface area contributed by atoms with E-state index in [-0.39, 0.29) is 5.69 Å². The van der Waals surface area contributed by atoms with Crippen molar-refractivity contribution in [2.75, 3.05) is 0 Å². The lowest BCUT2D eigenvalue weighted by Crippen LogP contribution is -2.02. The molecule has 0 unspecified atom stereocenters. The summed E-state index contributed by atoms with van der Waals surface area (Å²) in [7, 11) is 0. The molecule has 0 amide bonds. The Bertz CT molecular complexity index is 468. The predicted molar refractivity (Wildman–Crippen MR) is 52.1 cm³/mol. The zero-order valence-electron chi connectivity index (χ0n) is 7.74. The van der Waals surface area contributed by atoms with Crippen LogP contribution in [0.1, 0.15) is 17.5 Å². The topological polar surface area (TPSA) is 63.4 Å². The number of phenols is 1. The Labute approximate surface area is 84.8 Å². The number of hydrogen-bond donors (Lipinski definition) is 1. The van der Waals surface area contributed by atoms with Gasteiger partial charge in [0.1, 0.15) is 0 Å². The van der Waals surface area contributed by atoms with Gasteiger partial charge in [0.15, 0.2) is 11.6 Å². The van der Waals surface area contributed by atoms with Crippen LogP contribution >= 0.6 is 0 Å². The van der Waals surface area contributed by atoms with E-state index in [1.165, 1.54) is 0 Å². The first-order valence-electron chi connectivity index (χ1n) is 4.46. The van der Waals surface area contributed by atoms with Crippen molar-refractivity contribution >= 4 is 11.8 Å². The van der Waals surface area contributed by atoms with E-state index in [2.05, 4.69) is 0 Å². The van der Waals surface area contributed by atoms with Crippen LogP contribution in [-0.4, -0.2) is 10.0 Å². The Hall–Kier alpha value is -1.91. The van der Waals surface area contributed by atoms with Crippen LogP contribution in [0, 0.1) is 15.9 Å². The molecular formula is C10H8FNO3. The summed E-state index contributed by atoms with van der Waals surface area (Å²) in [6.45, 7) is 0. The maximum atomic E-state index is 13.1. The summed E-state index contributed by atoms with van der Waals surface area (Å²) in [6.07, 6.45) is 4.40. The number of nitro benzene ring substituents is 1. The smallest absolute Gasteiger partial charge is 0.280 e. The Balaban J connectivity index is 2.74. The van der Waals surface area contributed by atoms with Crippen LogP contribution in [0.2, 0.25) is 0 Å². The summed E-state index contributed by atoms with van der Waals surface area (Å²) in [5.41, 5.74) is 0.339. The summed E-state index contributed by atoms with van der Waals surface area (Å²) >= 11 is 0. The molecule has 4 nitrogen and oxygen atoms in total. The second-order valence-corrected chi connectivity index (χ2v) is 3.32. The van der Waals surface area contributed by atoms with Crippen LogP contribution in [-0.2, 0) is 6.42 Å². The number of phenolic OH excluding ortho intramolecular Hbond substituents is 1. The number of nitro groups is 1. The lowest BCUT2D eigenvalue weighted by Gasteiger charge is -2.12. The van der Waals surface area contributed by atoms with Gasteiger partial charge in [0, 0.05) is 5.56 Å². The summed E-state index contributed by atoms with van der Waals surface area (Å²) in [5, 5.41) is 20.1. The first-order chi connectivity index (χ1) is 7.11. The summed E-state index contributed by atoms with van der Waals surface area (Å²) < 4.78 is 13.1. The molecule has 1 aliphatic carbocycles. The van der Waals surface area contributed by atoms with Crippen molar-refractivity contribution in [3.63, 3.8) is 0 Å². The van der Waals surface area contributed by atoms with Crippen molar-refractivity contribution in [2.45, 2.75) is 12.8 Å². The lowest BCUT2D eigenvalue weighted by atomic mass is 9.95. The molecule has 78 valence electrons. The Morgan fingerprint density at radius 1 is 1.53 bits per heavy atom. The zero-order chi connectivity index (χ0) is 11.0. The first kappa shape index (κ1) is 9.64. The van der Waals surface area contributed by atoms with E-state index in [1.54, 1.807) is 12.2 Å². The molecule has 0 heterocycles. The Morgan fingerprint density at radius 3 is 2.93 bits per heavy atom. The van der Waals surface area contributed by atoms with Gasteiger partial charge >= 0.3 is 0 Å². The van der Waals surface area contributed by atoms with Gasteiger partial charge < -0.3 is 5.11 Å². The van der Waals surface area contributed by atoms with Crippen molar-refractivity contribution in [1.29, 1.82) is 0 Å². The molecule has 1 N–H and O–H groups in total. The summed E-state index contributed by atoms with van der Waals surface area (Å²) in [5.74, 6) is -1.41. The molecule has 0 aromatic heterocycles. The van der Waals surface area contributed by atoms with E-state index in [9.17, 15) is 19.6 Å². The molecule has 1 aromatic carbocycles. The zero-order valence-corrected chi connectivity index (χ0v) is 7.74. The fourth-order valence-corrected chi connectivity index (χ4v) is 1.71. The molecule has 0 atom stereocenters. The number of fused-ring (bicyclic) bond motifs is 1. The van der Waals surface area contributed by atoms with Gasteiger partial charge in [0.25, 0.3) is 5.69 Å². The highest BCUT2D eigenvalue weighted by atomic mass is 19.1. The highest BCUT2D eigenvalue weighted by molar-refractivity contribution is 5.69. The maximum absolute atomic E-state index is 13.1. The van der Waals surface area contributed by atoms with Crippen LogP contribution < -0.4 is 0 Å². The average Bonchev–Trinajstić information content (AvgIpc) is 2.23. The number of benzene rings is 1. The predicted octanol–water partition coefficient (Wildman–Crippen LogP) is 2.40. The minimum Gasteiger partial charge on any atom is -0.505 e. The second kappa shape index (κ2) is 3.34. The van der Waals surface area contributed by atoms with Crippen LogP contribution in [0.25, 0.3) is 6.08 Å². The van der Waals surface area contributed by atoms with E-state index in [4.69, 9.17) is 0 Å². The summed E-state index contributed by atoms with van der Waals surface area (Å²) in [6, 6.07) is 0.754. The largest absolute Gasteiger partial charge is 0.505 e. The Morgan fingerprint density at radius 2 is 2.27 bits per heavy atom. The van der Waals surface area contributed by atoms with Crippen LogP contribution in [0.4, 0.5) is 10.1 Å². The monoisotopic (exact) mass is 209 g/mol. The fourth-order valence-electron chi connectivity index (χ4n) is 1.71. The third-order valence-electron chi connectivity index (χ3n) is 2.42. The number of hydrogen-bond acceptors (Lipinski definition) is 3. The molecule has 0 saturated carbocycles. The minimum atomic E-state index is -0.934. The highest BCUT2D eigenvalue weighted by Crippen LogP contribution is 2.36. The number of halogens is 1. The highest BCUT2D eigenvalue weighted by Gasteiger charge is 2.23. The van der Waals surface area contributed by atoms with Gasteiger partial charge in [-0.2, -0.15) is 0 Å². The number of allylic oxidation sites excluding steroid dienone is 1. The molecule has 5 heteroatoms. The lowest BCUT2D eigenvalue weighted by molar-refractivity contribution is -0.385. The molecule has 0 bridgehead atoms. The Kier molecular flexibility index (Phi) is 2.15. The minimum absolute atomic E-state index is 0.295. The normalized spacial score (nSPS) is 13.7. The van der Waals surface area contributed by atoms with E-state index < -0.39 is 16.5 Å². The molecule has 0 radical (unpaired) electrons. The van der Waals surface area contributed by atoms with Gasteiger partial charge in [-0.3, -0.25) is 10.1 Å². The van der Waals surface area contributed by atoms with Crippen molar-refractivity contribution < 1.29 is 14.4 Å². The number of rotatable bonds is 1. The molecule has 15 heavy (non-hydrogen) atoms. The average molecular weight is 209 g/mol. The van der Waals surface area contributed by atoms with Gasteiger partial charge in [-0.15, -0.1) is 0 Å². The van der Waals surface area contributed by atoms with Crippen molar-refractivity contribution in [2.24, 2.45) is 0 Å². The number of aromatic hydroxyl groups is 1. The van der Waals surface area contributed by atoms with Gasteiger partial charge in [0.2, 0.25) is 0 Å². The molecule has 0 spiro atoms. The van der Waals surface area contributed by atoms with Crippen LogP contribution in [0.5, 0.6) is 5.75 Å². The van der Waals surface area contributed by atoms with Crippen molar-refractivity contribution in [1.82, 2.24) is 0 Å². The van der Waals surface area contributed by atoms with E-state index in [0.717, 1.165) is 6.07 Å². The van der Waals surface area contributed by atoms with Gasteiger partial charge in [-0.1, -0.05) is 12.2 Å². The first-order valence-corrected chi connectivity index (χ1v) is 4.46. The van der Waals surface area contributed by atoms with E-state index >= 15 is 0 Å².